The number of benzene rings is 2. The summed E-state index contributed by atoms with van der Waals surface area (Å²) in [6.45, 7) is 2.94. The largest absolute Gasteiger partial charge is 0.493 e. The topological polar surface area (TPSA) is 177 Å². The number of nitrogens with zero attached hydrogens (tertiary/aromatic N) is 2. The molecule has 224 valence electrons. The molecule has 2 atom stereocenters. The van der Waals surface area contributed by atoms with Crippen molar-refractivity contribution in [3.63, 3.8) is 0 Å². The summed E-state index contributed by atoms with van der Waals surface area (Å²) in [5, 5.41) is 11.4. The number of esters is 1. The Labute approximate surface area is 251 Å². The van der Waals surface area contributed by atoms with E-state index in [1.807, 2.05) is 0 Å². The molecule has 2 aromatic rings. The lowest BCUT2D eigenvalue weighted by atomic mass is 9.95. The summed E-state index contributed by atoms with van der Waals surface area (Å²) in [6, 6.07) is 11.9. The number of methoxy groups -OCH3 is 1. The van der Waals surface area contributed by atoms with E-state index in [0.717, 1.165) is 6.21 Å². The molecule has 43 heavy (non-hydrogen) atoms. The smallest absolute Gasteiger partial charge is 0.338 e. The van der Waals surface area contributed by atoms with Crippen molar-refractivity contribution in [1.82, 2.24) is 21.4 Å². The minimum absolute atomic E-state index is 0.0611. The maximum absolute atomic E-state index is 13.0. The van der Waals surface area contributed by atoms with Gasteiger partial charge in [0.05, 0.1) is 31.0 Å². The fourth-order valence-electron chi connectivity index (χ4n) is 4.31. The molecule has 2 aliphatic heterocycles. The molecule has 0 aliphatic carbocycles. The Kier molecular flexibility index (Phi) is 9.67. The molecule has 4 N–H and O–H groups in total. The summed E-state index contributed by atoms with van der Waals surface area (Å²) in [5.74, 6) is -3.48. The van der Waals surface area contributed by atoms with Gasteiger partial charge in [0.1, 0.15) is 0 Å². The first-order valence-corrected chi connectivity index (χ1v) is 13.4. The average molecular weight is 609 g/mol. The predicted molar refractivity (Wildman–Crippen MR) is 157 cm³/mol. The number of thiocarbonyl (C=S) groups is 1. The van der Waals surface area contributed by atoms with Crippen LogP contribution in [0.2, 0.25) is 0 Å². The molecule has 1 saturated heterocycles. The van der Waals surface area contributed by atoms with Gasteiger partial charge in [-0.05, 0) is 55.9 Å². The molecule has 0 saturated carbocycles. The number of carbonyl (C=O) groups is 5. The molecule has 14 nitrogen and oxygen atoms in total. The summed E-state index contributed by atoms with van der Waals surface area (Å²) in [6.07, 6.45) is 1.01. The van der Waals surface area contributed by atoms with Crippen LogP contribution in [0.4, 0.5) is 10.5 Å². The van der Waals surface area contributed by atoms with Gasteiger partial charge in [-0.15, -0.1) is 0 Å². The molecule has 0 aromatic heterocycles. The van der Waals surface area contributed by atoms with Gasteiger partial charge in [-0.25, -0.2) is 15.0 Å². The van der Waals surface area contributed by atoms with E-state index in [1.165, 1.54) is 18.1 Å². The lowest BCUT2D eigenvalue weighted by Gasteiger charge is -2.30. The standard InChI is InChI=1S/C28H28N6O8S/c1-4-41-26(38)22-15(2)30-27(39)31-23(22)16-10-11-19(20(12-16)40-3)42-14-21(35)33-29-13-18-24(36)32-28(43)34(25(18)37)17-8-6-5-7-9-17/h5-13,18,23H,4,14H2,1-3H3,(H,33,35)(H2,30,31,39)(H,32,36,43)/b29-13-/t18-,23-/m1/s1. The number of urea groups is 1. The number of ether oxygens (including phenoxy) is 3. The second-order valence-electron chi connectivity index (χ2n) is 9.08. The molecule has 4 rings (SSSR count). The summed E-state index contributed by atoms with van der Waals surface area (Å²) in [7, 11) is 1.39. The summed E-state index contributed by atoms with van der Waals surface area (Å²) in [4.78, 5) is 63.6. The number of hydrazone groups is 1. The highest BCUT2D eigenvalue weighted by atomic mass is 32.1. The molecule has 1 fully saturated rings. The highest BCUT2D eigenvalue weighted by Crippen LogP contribution is 2.34. The Morgan fingerprint density at radius 1 is 1.09 bits per heavy atom. The predicted octanol–water partition coefficient (Wildman–Crippen LogP) is 1.43. The summed E-state index contributed by atoms with van der Waals surface area (Å²) >= 11 is 5.14. The van der Waals surface area contributed by atoms with Crippen molar-refractivity contribution in [3.05, 3.63) is 65.4 Å². The lowest BCUT2D eigenvalue weighted by molar-refractivity contribution is -0.139. The van der Waals surface area contributed by atoms with E-state index >= 15 is 0 Å². The minimum atomic E-state index is -1.33. The van der Waals surface area contributed by atoms with Gasteiger partial charge in [-0.3, -0.25) is 19.3 Å². The third-order valence-electron chi connectivity index (χ3n) is 6.27. The number of anilines is 1. The third-order valence-corrected chi connectivity index (χ3v) is 6.56. The highest BCUT2D eigenvalue weighted by Gasteiger charge is 2.38. The first-order valence-electron chi connectivity index (χ1n) is 13.0. The number of nitrogens with one attached hydrogen (secondary N) is 4. The van der Waals surface area contributed by atoms with Gasteiger partial charge in [0, 0.05) is 11.9 Å². The van der Waals surface area contributed by atoms with Crippen molar-refractivity contribution >= 4 is 59.0 Å². The van der Waals surface area contributed by atoms with E-state index in [-0.39, 0.29) is 28.8 Å². The van der Waals surface area contributed by atoms with Crippen LogP contribution >= 0.6 is 12.2 Å². The SMILES string of the molecule is CCOC(=O)C1=C(C)NC(=O)N[C@@H]1c1ccc(OCC(=O)N/N=C\[C@@H]2C(=O)NC(=S)N(c3ccccc3)C2=O)c(OC)c1. The number of amides is 5. The second-order valence-corrected chi connectivity index (χ2v) is 9.47. The van der Waals surface area contributed by atoms with Crippen molar-refractivity contribution in [2.24, 2.45) is 11.0 Å². The first kappa shape index (κ1) is 30.6. The first-order chi connectivity index (χ1) is 20.6. The van der Waals surface area contributed by atoms with Crippen LogP contribution in [-0.2, 0) is 23.9 Å². The van der Waals surface area contributed by atoms with E-state index in [1.54, 1.807) is 56.3 Å². The van der Waals surface area contributed by atoms with Gasteiger partial charge in [-0.2, -0.15) is 5.10 Å². The molecule has 2 heterocycles. The fraction of sp³-hybridized carbons (Fsp3) is 0.250. The van der Waals surface area contributed by atoms with Crippen molar-refractivity contribution in [2.45, 2.75) is 19.9 Å². The van der Waals surface area contributed by atoms with Crippen molar-refractivity contribution in [2.75, 3.05) is 25.2 Å². The van der Waals surface area contributed by atoms with Crippen LogP contribution < -0.4 is 35.7 Å². The third kappa shape index (κ3) is 6.95. The van der Waals surface area contributed by atoms with Crippen molar-refractivity contribution < 1.29 is 38.2 Å². The Morgan fingerprint density at radius 3 is 2.53 bits per heavy atom. The molecular weight excluding hydrogens is 580 g/mol. The number of rotatable bonds is 10. The van der Waals surface area contributed by atoms with Crippen LogP contribution in [0.1, 0.15) is 25.5 Å². The quantitative estimate of drug-likeness (QED) is 0.102. The zero-order chi connectivity index (χ0) is 31.1. The molecule has 15 heteroatoms. The van der Waals surface area contributed by atoms with Gasteiger partial charge in [-0.1, -0.05) is 24.3 Å². The van der Waals surface area contributed by atoms with E-state index in [2.05, 4.69) is 26.5 Å². The van der Waals surface area contributed by atoms with Gasteiger partial charge < -0.3 is 30.2 Å². The summed E-state index contributed by atoms with van der Waals surface area (Å²) < 4.78 is 16.1. The van der Waals surface area contributed by atoms with Crippen LogP contribution in [0.3, 0.4) is 0 Å². The number of carbonyl (C=O) groups excluding carboxylic acids is 5. The van der Waals surface area contributed by atoms with Crippen molar-refractivity contribution in [3.8, 4) is 11.5 Å². The van der Waals surface area contributed by atoms with Crippen LogP contribution in [0.5, 0.6) is 11.5 Å². The molecule has 0 unspecified atom stereocenters. The summed E-state index contributed by atoms with van der Waals surface area (Å²) in [5.41, 5.74) is 3.78. The van der Waals surface area contributed by atoms with E-state index in [9.17, 15) is 24.0 Å². The minimum Gasteiger partial charge on any atom is -0.493 e. The van der Waals surface area contributed by atoms with Gasteiger partial charge in [0.2, 0.25) is 5.91 Å². The van der Waals surface area contributed by atoms with E-state index in [0.29, 0.717) is 16.9 Å². The monoisotopic (exact) mass is 608 g/mol. The number of hydrogen-bond acceptors (Lipinski definition) is 10. The van der Waals surface area contributed by atoms with Crippen LogP contribution in [0.25, 0.3) is 0 Å². The zero-order valence-electron chi connectivity index (χ0n) is 23.3. The lowest BCUT2D eigenvalue weighted by Crippen LogP contribution is -2.58. The Hall–Kier alpha value is -5.31. The van der Waals surface area contributed by atoms with E-state index in [4.69, 9.17) is 26.4 Å². The Morgan fingerprint density at radius 2 is 1.84 bits per heavy atom. The number of allylic oxidation sites excluding steroid dienone is 1. The fourth-order valence-corrected chi connectivity index (χ4v) is 4.60. The number of hydrogen-bond donors (Lipinski definition) is 4. The maximum atomic E-state index is 13.0. The van der Waals surface area contributed by atoms with Gasteiger partial charge >= 0.3 is 12.0 Å². The molecule has 2 aromatic carbocycles. The Balaban J connectivity index is 1.40. The van der Waals surface area contributed by atoms with Gasteiger partial charge in [0.25, 0.3) is 11.8 Å². The normalized spacial score (nSPS) is 18.5. The van der Waals surface area contributed by atoms with Crippen LogP contribution in [0, 0.1) is 5.92 Å². The van der Waals surface area contributed by atoms with Crippen molar-refractivity contribution in [1.29, 1.82) is 0 Å². The molecular formula is C28H28N6O8S. The molecule has 0 bridgehead atoms. The Bertz CT molecular complexity index is 1530. The molecule has 0 spiro atoms. The average Bonchev–Trinajstić information content (AvgIpc) is 2.97. The maximum Gasteiger partial charge on any atom is 0.338 e. The van der Waals surface area contributed by atoms with E-state index < -0.39 is 48.3 Å². The van der Waals surface area contributed by atoms with Crippen LogP contribution in [0.15, 0.2) is 64.9 Å². The molecule has 5 amide bonds. The van der Waals surface area contributed by atoms with Crippen LogP contribution in [-0.4, -0.2) is 61.4 Å². The second kappa shape index (κ2) is 13.6. The highest BCUT2D eigenvalue weighted by molar-refractivity contribution is 7.80. The molecule has 2 aliphatic rings. The van der Waals surface area contributed by atoms with Gasteiger partial charge in [0.15, 0.2) is 29.1 Å². The zero-order valence-corrected chi connectivity index (χ0v) is 24.2. The number of para-hydroxylation sites is 1. The molecule has 0 radical (unpaired) electrons.